The Labute approximate surface area is 160 Å². The number of imidazole rings is 1. The second-order valence-electron chi connectivity index (χ2n) is 6.03. The number of alkyl halides is 2. The van der Waals surface area contributed by atoms with Crippen LogP contribution in [-0.4, -0.2) is 16.7 Å². The van der Waals surface area contributed by atoms with Crippen molar-refractivity contribution >= 4 is 0 Å². The highest BCUT2D eigenvalue weighted by Crippen LogP contribution is 2.29. The van der Waals surface area contributed by atoms with Crippen molar-refractivity contribution in [3.05, 3.63) is 77.6 Å². The Kier molecular flexibility index (Phi) is 6.54. The highest BCUT2D eigenvalue weighted by atomic mass is 19.3. The summed E-state index contributed by atoms with van der Waals surface area (Å²) in [6, 6.07) is 11.5. The smallest absolute Gasteiger partial charge is 0.319 e. The lowest BCUT2D eigenvalue weighted by Crippen LogP contribution is -2.17. The van der Waals surface area contributed by atoms with Gasteiger partial charge < -0.3 is 14.8 Å². The second kappa shape index (κ2) is 9.27. The normalized spacial score (nSPS) is 11.0. The first-order valence-corrected chi connectivity index (χ1v) is 8.61. The lowest BCUT2D eigenvalue weighted by Gasteiger charge is -2.13. The zero-order valence-corrected chi connectivity index (χ0v) is 15.2. The molecule has 1 N–H and O–H groups in total. The predicted octanol–water partition coefficient (Wildman–Crippen LogP) is 4.29. The van der Waals surface area contributed by atoms with Crippen LogP contribution >= 0.6 is 0 Å². The van der Waals surface area contributed by atoms with Crippen molar-refractivity contribution in [2.45, 2.75) is 26.2 Å². The van der Waals surface area contributed by atoms with Crippen LogP contribution in [0.2, 0.25) is 0 Å². The molecule has 1 aromatic heterocycles. The summed E-state index contributed by atoms with van der Waals surface area (Å²) in [5.74, 6) is 1.08. The lowest BCUT2D eigenvalue weighted by atomic mass is 10.2. The molecule has 2 aromatic carbocycles. The van der Waals surface area contributed by atoms with E-state index in [0.717, 1.165) is 15.7 Å². The van der Waals surface area contributed by atoms with Gasteiger partial charge in [0, 0.05) is 18.9 Å². The first kappa shape index (κ1) is 19.8. The maximum absolute atomic E-state index is 13.0. The van der Waals surface area contributed by atoms with E-state index in [2.05, 4.69) is 10.3 Å². The van der Waals surface area contributed by atoms with Gasteiger partial charge in [-0.05, 0) is 35.4 Å². The fraction of sp³-hybridized carbons (Fsp3) is 0.250. The molecule has 1 heterocycles. The van der Waals surface area contributed by atoms with Crippen molar-refractivity contribution in [2.24, 2.45) is 0 Å². The third-order valence-corrected chi connectivity index (χ3v) is 4.11. The van der Waals surface area contributed by atoms with E-state index in [0.29, 0.717) is 18.0 Å². The number of hydrogen-bond donors (Lipinski definition) is 1. The van der Waals surface area contributed by atoms with Crippen molar-refractivity contribution in [1.82, 2.24) is 14.9 Å². The second-order valence-corrected chi connectivity index (χ2v) is 6.03. The van der Waals surface area contributed by atoms with Crippen LogP contribution in [0.3, 0.4) is 0 Å². The van der Waals surface area contributed by atoms with Crippen LogP contribution in [0.4, 0.5) is 13.2 Å². The van der Waals surface area contributed by atoms with Crippen LogP contribution in [0.25, 0.3) is 0 Å². The Morgan fingerprint density at radius 2 is 1.79 bits per heavy atom. The van der Waals surface area contributed by atoms with Crippen LogP contribution < -0.4 is 14.8 Å². The number of methoxy groups -OCH3 is 1. The number of aromatic nitrogens is 2. The molecule has 3 rings (SSSR count). The molecule has 148 valence electrons. The molecule has 0 bridgehead atoms. The van der Waals surface area contributed by atoms with Crippen LogP contribution in [0.5, 0.6) is 11.5 Å². The minimum absolute atomic E-state index is 0.211. The van der Waals surface area contributed by atoms with E-state index < -0.39 is 6.55 Å². The molecule has 0 unspecified atom stereocenters. The van der Waals surface area contributed by atoms with E-state index in [1.165, 1.54) is 31.6 Å². The van der Waals surface area contributed by atoms with Crippen molar-refractivity contribution in [1.29, 1.82) is 0 Å². The molecule has 28 heavy (non-hydrogen) atoms. The van der Waals surface area contributed by atoms with Gasteiger partial charge in [0.05, 0.1) is 13.7 Å². The van der Waals surface area contributed by atoms with E-state index in [-0.39, 0.29) is 24.8 Å². The van der Waals surface area contributed by atoms with Gasteiger partial charge >= 0.3 is 6.55 Å². The first-order valence-electron chi connectivity index (χ1n) is 8.61. The topological polar surface area (TPSA) is 48.3 Å². The minimum Gasteiger partial charge on any atom is -0.493 e. The van der Waals surface area contributed by atoms with E-state index >= 15 is 0 Å². The zero-order valence-electron chi connectivity index (χ0n) is 15.2. The van der Waals surface area contributed by atoms with Gasteiger partial charge in [0.1, 0.15) is 18.2 Å². The summed E-state index contributed by atoms with van der Waals surface area (Å²) >= 11 is 0. The molecule has 0 aliphatic rings. The number of nitrogens with one attached hydrogen (secondary N) is 1. The first-order chi connectivity index (χ1) is 13.6. The largest absolute Gasteiger partial charge is 0.493 e. The number of nitrogens with zero attached hydrogens (tertiary/aromatic N) is 2. The summed E-state index contributed by atoms with van der Waals surface area (Å²) < 4.78 is 50.5. The third kappa shape index (κ3) is 5.04. The van der Waals surface area contributed by atoms with Crippen molar-refractivity contribution in [3.63, 3.8) is 0 Å². The van der Waals surface area contributed by atoms with Gasteiger partial charge in [0.2, 0.25) is 0 Å². The number of ether oxygens (including phenoxy) is 2. The Morgan fingerprint density at radius 1 is 1.04 bits per heavy atom. The van der Waals surface area contributed by atoms with Gasteiger partial charge in [0.25, 0.3) is 0 Å². The number of hydrogen-bond acceptors (Lipinski definition) is 4. The average molecular weight is 391 g/mol. The maximum atomic E-state index is 13.0. The summed E-state index contributed by atoms with van der Waals surface area (Å²) in [5.41, 5.74) is 1.74. The van der Waals surface area contributed by atoms with Gasteiger partial charge in [-0.1, -0.05) is 18.2 Å². The number of benzene rings is 2. The SMILES string of the molecule is COc1cc(CNCc2nccn2C(F)F)ccc1OCc1ccc(F)cc1. The molecular formula is C20H20F3N3O2. The molecule has 5 nitrogen and oxygen atoms in total. The molecule has 0 fully saturated rings. The van der Waals surface area contributed by atoms with Crippen LogP contribution in [-0.2, 0) is 19.7 Å². The summed E-state index contributed by atoms with van der Waals surface area (Å²) in [6.07, 6.45) is 2.59. The Hall–Kier alpha value is -3.00. The monoisotopic (exact) mass is 391 g/mol. The van der Waals surface area contributed by atoms with E-state index in [4.69, 9.17) is 9.47 Å². The molecule has 0 saturated carbocycles. The van der Waals surface area contributed by atoms with E-state index in [1.807, 2.05) is 12.1 Å². The maximum Gasteiger partial charge on any atom is 0.319 e. The van der Waals surface area contributed by atoms with E-state index in [1.54, 1.807) is 18.2 Å². The molecule has 0 aliphatic carbocycles. The third-order valence-electron chi connectivity index (χ3n) is 4.11. The van der Waals surface area contributed by atoms with Crippen molar-refractivity contribution in [3.8, 4) is 11.5 Å². The minimum atomic E-state index is -2.61. The number of halogens is 3. The van der Waals surface area contributed by atoms with Gasteiger partial charge in [0.15, 0.2) is 11.5 Å². The van der Waals surface area contributed by atoms with Crippen LogP contribution in [0, 0.1) is 5.82 Å². The standard InChI is InChI=1S/C20H20F3N3O2/c1-27-18-10-15(11-24-12-19-25-8-9-26(19)20(22)23)4-7-17(18)28-13-14-2-5-16(21)6-3-14/h2-10,20,24H,11-13H2,1H3. The molecule has 0 amide bonds. The fourth-order valence-corrected chi connectivity index (χ4v) is 2.66. The van der Waals surface area contributed by atoms with Gasteiger partial charge in [-0.25, -0.2) is 9.37 Å². The van der Waals surface area contributed by atoms with Gasteiger partial charge in [-0.15, -0.1) is 0 Å². The molecule has 0 aliphatic heterocycles. The highest BCUT2D eigenvalue weighted by Gasteiger charge is 2.11. The predicted molar refractivity (Wildman–Crippen MR) is 97.7 cm³/mol. The molecule has 0 saturated heterocycles. The zero-order chi connectivity index (χ0) is 19.9. The summed E-state index contributed by atoms with van der Waals surface area (Å²) in [7, 11) is 1.54. The molecule has 3 aromatic rings. The lowest BCUT2D eigenvalue weighted by molar-refractivity contribution is 0.0666. The van der Waals surface area contributed by atoms with E-state index in [9.17, 15) is 13.2 Å². The van der Waals surface area contributed by atoms with Crippen molar-refractivity contribution < 1.29 is 22.6 Å². The number of rotatable bonds is 9. The molecule has 0 radical (unpaired) electrons. The average Bonchev–Trinajstić information content (AvgIpc) is 3.17. The molecule has 0 atom stereocenters. The fourth-order valence-electron chi connectivity index (χ4n) is 2.66. The van der Waals surface area contributed by atoms with Gasteiger partial charge in [-0.3, -0.25) is 4.57 Å². The summed E-state index contributed by atoms with van der Waals surface area (Å²) in [4.78, 5) is 3.93. The Morgan fingerprint density at radius 3 is 2.50 bits per heavy atom. The molecule has 8 heteroatoms. The Balaban J connectivity index is 1.57. The van der Waals surface area contributed by atoms with Crippen molar-refractivity contribution in [2.75, 3.05) is 7.11 Å². The molecular weight excluding hydrogens is 371 g/mol. The summed E-state index contributed by atoms with van der Waals surface area (Å²) in [5, 5.41) is 3.08. The Bertz CT molecular complexity index is 898. The van der Waals surface area contributed by atoms with Gasteiger partial charge in [-0.2, -0.15) is 8.78 Å². The molecule has 0 spiro atoms. The van der Waals surface area contributed by atoms with Crippen LogP contribution in [0.15, 0.2) is 54.9 Å². The quantitative estimate of drug-likeness (QED) is 0.591. The highest BCUT2D eigenvalue weighted by molar-refractivity contribution is 5.43. The summed E-state index contributed by atoms with van der Waals surface area (Å²) in [6.45, 7) is -1.67. The van der Waals surface area contributed by atoms with Crippen LogP contribution in [0.1, 0.15) is 23.5 Å².